The van der Waals surface area contributed by atoms with Crippen LogP contribution in [0.4, 0.5) is 0 Å². The summed E-state index contributed by atoms with van der Waals surface area (Å²) in [5, 5.41) is 4.74. The summed E-state index contributed by atoms with van der Waals surface area (Å²) in [6, 6.07) is 11.0. The zero-order chi connectivity index (χ0) is 21.1. The molecule has 2 aromatic rings. The van der Waals surface area contributed by atoms with Gasteiger partial charge >= 0.3 is 0 Å². The van der Waals surface area contributed by atoms with Gasteiger partial charge < -0.3 is 5.32 Å². The lowest BCUT2D eigenvalue weighted by Gasteiger charge is -2.34. The third kappa shape index (κ3) is 5.27. The molecule has 5 nitrogen and oxygen atoms in total. The SMILES string of the molecule is CC(C)(C)c1ccc(C(=O)NCCC2CCCCN2S(=O)(=O)c2cccs2)cc1. The van der Waals surface area contributed by atoms with Crippen molar-refractivity contribution >= 4 is 27.3 Å². The fourth-order valence-corrected chi connectivity index (χ4v) is 6.52. The molecule has 0 spiro atoms. The topological polar surface area (TPSA) is 66.5 Å². The van der Waals surface area contributed by atoms with Gasteiger partial charge in [-0.1, -0.05) is 45.4 Å². The van der Waals surface area contributed by atoms with E-state index in [4.69, 9.17) is 0 Å². The van der Waals surface area contributed by atoms with E-state index < -0.39 is 10.0 Å². The van der Waals surface area contributed by atoms with Gasteiger partial charge in [0.1, 0.15) is 4.21 Å². The van der Waals surface area contributed by atoms with Gasteiger partial charge in [0, 0.05) is 24.7 Å². The Morgan fingerprint density at radius 1 is 1.17 bits per heavy atom. The largest absolute Gasteiger partial charge is 0.352 e. The second-order valence-electron chi connectivity index (χ2n) is 8.57. The maximum atomic E-state index is 12.9. The van der Waals surface area contributed by atoms with Crippen LogP contribution in [-0.4, -0.2) is 37.8 Å². The standard InChI is InChI=1S/C22H30N2O3S2/c1-22(2,3)18-11-9-17(10-12-18)21(25)23-14-13-19-7-4-5-15-24(19)29(26,27)20-8-6-16-28-20/h6,8-12,16,19H,4-5,7,13-15H2,1-3H3,(H,23,25). The maximum Gasteiger partial charge on any atom is 0.252 e. The van der Waals surface area contributed by atoms with Gasteiger partial charge in [-0.05, 0) is 53.8 Å². The van der Waals surface area contributed by atoms with E-state index in [9.17, 15) is 13.2 Å². The first-order chi connectivity index (χ1) is 13.7. The lowest BCUT2D eigenvalue weighted by Crippen LogP contribution is -2.44. The number of piperidine rings is 1. The Morgan fingerprint density at radius 3 is 2.52 bits per heavy atom. The van der Waals surface area contributed by atoms with E-state index in [1.54, 1.807) is 21.8 Å². The first-order valence-corrected chi connectivity index (χ1v) is 12.5. The zero-order valence-corrected chi connectivity index (χ0v) is 19.0. The molecule has 1 aromatic heterocycles. The van der Waals surface area contributed by atoms with Crippen LogP contribution >= 0.6 is 11.3 Å². The molecule has 1 fully saturated rings. The van der Waals surface area contributed by atoms with Crippen LogP contribution in [0, 0.1) is 0 Å². The molecule has 1 aromatic carbocycles. The van der Waals surface area contributed by atoms with Gasteiger partial charge in [-0.15, -0.1) is 11.3 Å². The van der Waals surface area contributed by atoms with Crippen molar-refractivity contribution in [2.45, 2.75) is 62.1 Å². The third-order valence-electron chi connectivity index (χ3n) is 5.41. The summed E-state index contributed by atoms with van der Waals surface area (Å²) in [5.41, 5.74) is 1.86. The number of sulfonamides is 1. The quantitative estimate of drug-likeness (QED) is 0.732. The highest BCUT2D eigenvalue weighted by molar-refractivity contribution is 7.91. The van der Waals surface area contributed by atoms with Gasteiger partial charge in [-0.3, -0.25) is 4.79 Å². The Labute approximate surface area is 178 Å². The number of benzene rings is 1. The van der Waals surface area contributed by atoms with Crippen LogP contribution in [0.15, 0.2) is 46.0 Å². The van der Waals surface area contributed by atoms with Crippen molar-refractivity contribution in [1.29, 1.82) is 0 Å². The number of carbonyl (C=O) groups excluding carboxylic acids is 1. The summed E-state index contributed by atoms with van der Waals surface area (Å²) in [4.78, 5) is 12.5. The van der Waals surface area contributed by atoms with E-state index in [0.29, 0.717) is 29.3 Å². The molecular weight excluding hydrogens is 404 g/mol. The molecule has 1 amide bonds. The molecule has 1 aliphatic heterocycles. The lowest BCUT2D eigenvalue weighted by atomic mass is 9.87. The predicted molar refractivity (Wildman–Crippen MR) is 118 cm³/mol. The molecular formula is C22H30N2O3S2. The number of hydrogen-bond acceptors (Lipinski definition) is 4. The summed E-state index contributed by atoms with van der Waals surface area (Å²) in [6.45, 7) is 7.43. The van der Waals surface area contributed by atoms with Crippen molar-refractivity contribution in [1.82, 2.24) is 9.62 Å². The Bertz CT molecular complexity index is 914. The van der Waals surface area contributed by atoms with E-state index in [-0.39, 0.29) is 17.4 Å². The van der Waals surface area contributed by atoms with Crippen LogP contribution in [0.1, 0.15) is 62.4 Å². The molecule has 0 bridgehead atoms. The molecule has 1 atom stereocenters. The van der Waals surface area contributed by atoms with Crippen LogP contribution in [-0.2, 0) is 15.4 Å². The fraction of sp³-hybridized carbons (Fsp3) is 0.500. The van der Waals surface area contributed by atoms with Crippen molar-refractivity contribution in [2.24, 2.45) is 0 Å². The summed E-state index contributed by atoms with van der Waals surface area (Å²) in [5.74, 6) is -0.117. The van der Waals surface area contributed by atoms with Crippen molar-refractivity contribution in [2.75, 3.05) is 13.1 Å². The Balaban J connectivity index is 1.59. The summed E-state index contributed by atoms with van der Waals surface area (Å²) in [7, 11) is -3.45. The molecule has 0 aliphatic carbocycles. The molecule has 2 heterocycles. The lowest BCUT2D eigenvalue weighted by molar-refractivity contribution is 0.0949. The number of carbonyl (C=O) groups is 1. The van der Waals surface area contributed by atoms with Crippen LogP contribution in [0.2, 0.25) is 0 Å². The normalized spacial score (nSPS) is 18.5. The number of rotatable bonds is 6. The van der Waals surface area contributed by atoms with E-state index in [0.717, 1.165) is 19.3 Å². The Morgan fingerprint density at radius 2 is 1.90 bits per heavy atom. The van der Waals surface area contributed by atoms with Gasteiger partial charge in [-0.2, -0.15) is 4.31 Å². The number of amides is 1. The van der Waals surface area contributed by atoms with Crippen molar-refractivity contribution < 1.29 is 13.2 Å². The molecule has 1 saturated heterocycles. The van der Waals surface area contributed by atoms with Crippen LogP contribution < -0.4 is 5.32 Å². The van der Waals surface area contributed by atoms with Crippen molar-refractivity contribution in [3.8, 4) is 0 Å². The smallest absolute Gasteiger partial charge is 0.252 e. The molecule has 1 unspecified atom stereocenters. The summed E-state index contributed by atoms with van der Waals surface area (Å²) < 4.78 is 27.9. The van der Waals surface area contributed by atoms with E-state index in [2.05, 4.69) is 26.1 Å². The van der Waals surface area contributed by atoms with Gasteiger partial charge in [-0.25, -0.2) is 8.42 Å². The van der Waals surface area contributed by atoms with Gasteiger partial charge in [0.05, 0.1) is 0 Å². The fourth-order valence-electron chi connectivity index (χ4n) is 3.68. The molecule has 0 saturated carbocycles. The Kier molecular flexibility index (Phi) is 6.81. The monoisotopic (exact) mass is 434 g/mol. The minimum absolute atomic E-state index is 0.0491. The van der Waals surface area contributed by atoms with E-state index >= 15 is 0 Å². The zero-order valence-electron chi connectivity index (χ0n) is 17.3. The van der Waals surface area contributed by atoms with Crippen molar-refractivity contribution in [3.05, 3.63) is 52.9 Å². The first kappa shape index (κ1) is 22.0. The van der Waals surface area contributed by atoms with E-state index in [1.165, 1.54) is 16.9 Å². The van der Waals surface area contributed by atoms with Crippen LogP contribution in [0.25, 0.3) is 0 Å². The summed E-state index contributed by atoms with van der Waals surface area (Å²) in [6.07, 6.45) is 3.36. The van der Waals surface area contributed by atoms with Crippen LogP contribution in [0.5, 0.6) is 0 Å². The molecule has 1 aliphatic rings. The average Bonchev–Trinajstić information content (AvgIpc) is 3.23. The minimum atomic E-state index is -3.45. The maximum absolute atomic E-state index is 12.9. The molecule has 7 heteroatoms. The number of thiophene rings is 1. The van der Waals surface area contributed by atoms with Gasteiger partial charge in [0.2, 0.25) is 0 Å². The van der Waals surface area contributed by atoms with Gasteiger partial charge in [0.15, 0.2) is 0 Å². The highest BCUT2D eigenvalue weighted by atomic mass is 32.2. The number of hydrogen-bond donors (Lipinski definition) is 1. The summed E-state index contributed by atoms with van der Waals surface area (Å²) >= 11 is 1.25. The number of nitrogens with one attached hydrogen (secondary N) is 1. The Hall–Kier alpha value is -1.70. The highest BCUT2D eigenvalue weighted by Crippen LogP contribution is 2.29. The molecule has 158 valence electrons. The first-order valence-electron chi connectivity index (χ1n) is 10.1. The number of nitrogens with zero attached hydrogens (tertiary/aromatic N) is 1. The molecule has 3 rings (SSSR count). The van der Waals surface area contributed by atoms with Gasteiger partial charge in [0.25, 0.3) is 15.9 Å². The molecule has 29 heavy (non-hydrogen) atoms. The van der Waals surface area contributed by atoms with Crippen molar-refractivity contribution in [3.63, 3.8) is 0 Å². The minimum Gasteiger partial charge on any atom is -0.352 e. The van der Waals surface area contributed by atoms with E-state index in [1.807, 2.05) is 24.3 Å². The highest BCUT2D eigenvalue weighted by Gasteiger charge is 2.33. The average molecular weight is 435 g/mol. The predicted octanol–water partition coefficient (Wildman–Crippen LogP) is 4.41. The molecule has 1 N–H and O–H groups in total. The molecule has 0 radical (unpaired) electrons. The second kappa shape index (κ2) is 8.98. The van der Waals surface area contributed by atoms with Crippen LogP contribution in [0.3, 0.4) is 0 Å². The second-order valence-corrected chi connectivity index (χ2v) is 11.6. The third-order valence-corrected chi connectivity index (χ3v) is 8.73.